The molecule has 0 aliphatic carbocycles. The summed E-state index contributed by atoms with van der Waals surface area (Å²) in [4.78, 5) is 13.0. The van der Waals surface area contributed by atoms with Gasteiger partial charge in [0.15, 0.2) is 12.0 Å². The van der Waals surface area contributed by atoms with Crippen molar-refractivity contribution in [2.45, 2.75) is 6.17 Å². The summed E-state index contributed by atoms with van der Waals surface area (Å²) in [6.45, 7) is 0. The number of nitrogens with zero attached hydrogens (tertiary/aromatic N) is 4. The molecule has 6 heteroatoms. The van der Waals surface area contributed by atoms with Gasteiger partial charge in [-0.15, -0.1) is 11.3 Å². The molecule has 0 radical (unpaired) electrons. The van der Waals surface area contributed by atoms with E-state index in [0.717, 1.165) is 67.1 Å². The number of furan rings is 1. The van der Waals surface area contributed by atoms with Gasteiger partial charge in [-0.05, 0) is 71.8 Å². The second-order valence-electron chi connectivity index (χ2n) is 15.0. The van der Waals surface area contributed by atoms with Crippen LogP contribution in [0.5, 0.6) is 0 Å². The zero-order valence-corrected chi connectivity index (χ0v) is 32.3. The van der Waals surface area contributed by atoms with Crippen molar-refractivity contribution in [1.29, 1.82) is 0 Å². The van der Waals surface area contributed by atoms with Gasteiger partial charge in [-0.1, -0.05) is 121 Å². The third-order valence-corrected chi connectivity index (χ3v) is 12.8. The second-order valence-corrected chi connectivity index (χ2v) is 16.0. The number of para-hydroxylation sites is 3. The summed E-state index contributed by atoms with van der Waals surface area (Å²) >= 11 is 1.83. The number of hydrogen-bond acceptors (Lipinski definition) is 5. The Bertz CT molecular complexity index is 3470. The Hall–Kier alpha value is -7.28. The quantitative estimate of drug-likeness (QED) is 0.175. The van der Waals surface area contributed by atoms with Gasteiger partial charge in [0.1, 0.15) is 17.0 Å². The zero-order chi connectivity index (χ0) is 38.3. The molecule has 0 bridgehead atoms. The van der Waals surface area contributed by atoms with E-state index in [0.29, 0.717) is 0 Å². The standard InChI is InChI=1S/C52H34N4OS/c1-55-51(33-17-7-3-8-18-33)53-50(32-15-5-2-6-16-32)54-52(55)41-31-35(30-40-48-46(58-49(40)41)28-27-45-47(48)38-22-12-14-24-44(38)57-45)34-25-26-43-39(29-34)37-21-11-13-23-42(37)56(43)36-19-9-4-10-20-36/h2-31,52H,1H3. The van der Waals surface area contributed by atoms with E-state index in [-0.39, 0.29) is 6.17 Å². The fourth-order valence-electron chi connectivity index (χ4n) is 8.96. The molecule has 1 aliphatic rings. The van der Waals surface area contributed by atoms with Crippen LogP contribution in [0.4, 0.5) is 0 Å². The fraction of sp³-hybridized carbons (Fsp3) is 0.0385. The normalized spacial score (nSPS) is 14.6. The Labute approximate surface area is 338 Å². The molecule has 12 rings (SSSR count). The van der Waals surface area contributed by atoms with E-state index in [4.69, 9.17) is 14.4 Å². The highest BCUT2D eigenvalue weighted by Crippen LogP contribution is 2.48. The Morgan fingerprint density at radius 3 is 2.00 bits per heavy atom. The van der Waals surface area contributed by atoms with Crippen molar-refractivity contribution in [3.8, 4) is 16.8 Å². The lowest BCUT2D eigenvalue weighted by molar-refractivity contribution is 0.385. The lowest BCUT2D eigenvalue weighted by Crippen LogP contribution is -2.35. The molecule has 0 fully saturated rings. The molecule has 11 aromatic rings. The van der Waals surface area contributed by atoms with E-state index in [2.05, 4.69) is 186 Å². The van der Waals surface area contributed by atoms with Crippen LogP contribution in [0.15, 0.2) is 196 Å². The van der Waals surface area contributed by atoms with Crippen LogP contribution in [0.25, 0.3) is 80.7 Å². The molecule has 0 N–H and O–H groups in total. The van der Waals surface area contributed by atoms with Gasteiger partial charge in [0, 0.05) is 71.1 Å². The smallest absolute Gasteiger partial charge is 0.159 e. The van der Waals surface area contributed by atoms with Gasteiger partial charge in [0.05, 0.1) is 11.0 Å². The van der Waals surface area contributed by atoms with Crippen molar-refractivity contribution in [1.82, 2.24) is 9.47 Å². The molecule has 0 amide bonds. The van der Waals surface area contributed by atoms with Gasteiger partial charge < -0.3 is 13.9 Å². The molecule has 58 heavy (non-hydrogen) atoms. The monoisotopic (exact) mass is 762 g/mol. The molecule has 5 nitrogen and oxygen atoms in total. The fourth-order valence-corrected chi connectivity index (χ4v) is 10.2. The van der Waals surface area contributed by atoms with Gasteiger partial charge in [0.2, 0.25) is 0 Å². The molecule has 1 unspecified atom stereocenters. The zero-order valence-electron chi connectivity index (χ0n) is 31.5. The van der Waals surface area contributed by atoms with E-state index in [1.165, 1.54) is 42.0 Å². The average molecular weight is 763 g/mol. The molecule has 1 atom stereocenters. The van der Waals surface area contributed by atoms with Crippen LogP contribution < -0.4 is 0 Å². The van der Waals surface area contributed by atoms with Crippen LogP contribution in [-0.2, 0) is 0 Å². The summed E-state index contributed by atoms with van der Waals surface area (Å²) in [7, 11) is 2.12. The number of aromatic nitrogens is 1. The van der Waals surface area contributed by atoms with Gasteiger partial charge in [-0.2, -0.15) is 0 Å². The largest absolute Gasteiger partial charge is 0.456 e. The van der Waals surface area contributed by atoms with Crippen molar-refractivity contribution >= 4 is 86.9 Å². The maximum atomic E-state index is 6.47. The minimum absolute atomic E-state index is 0.348. The summed E-state index contributed by atoms with van der Waals surface area (Å²) in [5.74, 6) is 1.61. The summed E-state index contributed by atoms with van der Waals surface area (Å²) in [5.41, 5.74) is 10.8. The van der Waals surface area contributed by atoms with Crippen LogP contribution in [0.1, 0.15) is 22.9 Å². The number of thiophene rings is 1. The number of fused-ring (bicyclic) bond motifs is 10. The molecule has 8 aromatic carbocycles. The number of benzene rings is 8. The van der Waals surface area contributed by atoms with Crippen molar-refractivity contribution < 1.29 is 4.42 Å². The Morgan fingerprint density at radius 1 is 0.517 bits per heavy atom. The minimum Gasteiger partial charge on any atom is -0.456 e. The average Bonchev–Trinajstić information content (AvgIpc) is 3.96. The first-order chi connectivity index (χ1) is 28.7. The van der Waals surface area contributed by atoms with E-state index in [1.54, 1.807) is 0 Å². The van der Waals surface area contributed by atoms with Crippen LogP contribution in [-0.4, -0.2) is 28.2 Å². The topological polar surface area (TPSA) is 46.0 Å². The summed E-state index contributed by atoms with van der Waals surface area (Å²) in [5, 5.41) is 7.14. The second kappa shape index (κ2) is 12.9. The van der Waals surface area contributed by atoms with Crippen molar-refractivity contribution in [2.24, 2.45) is 9.98 Å². The Balaban J connectivity index is 1.15. The van der Waals surface area contributed by atoms with Crippen LogP contribution in [0.3, 0.4) is 0 Å². The lowest BCUT2D eigenvalue weighted by atomic mass is 9.95. The maximum absolute atomic E-state index is 6.47. The highest BCUT2D eigenvalue weighted by Gasteiger charge is 2.30. The summed E-state index contributed by atoms with van der Waals surface area (Å²) < 4.78 is 11.3. The van der Waals surface area contributed by atoms with E-state index < -0.39 is 0 Å². The Morgan fingerprint density at radius 2 is 1.19 bits per heavy atom. The number of aliphatic imine (C=N–C) groups is 2. The predicted octanol–water partition coefficient (Wildman–Crippen LogP) is 13.6. The molecular formula is C52H34N4OS. The molecular weight excluding hydrogens is 729 g/mol. The SMILES string of the molecule is CN1C(c2ccccc2)=NC(c2ccccc2)=NC1c1cc(-c2ccc3c(c2)c2ccccc2n3-c2ccccc2)cc2c1sc1ccc3oc4ccccc4c3c12. The predicted molar refractivity (Wildman–Crippen MR) is 243 cm³/mol. The first-order valence-corrected chi connectivity index (χ1v) is 20.4. The third kappa shape index (κ3) is 5.02. The van der Waals surface area contributed by atoms with Crippen LogP contribution in [0.2, 0.25) is 0 Å². The molecule has 0 saturated heterocycles. The first kappa shape index (κ1) is 32.9. The summed E-state index contributed by atoms with van der Waals surface area (Å²) in [6.07, 6.45) is -0.348. The summed E-state index contributed by atoms with van der Waals surface area (Å²) in [6, 6.07) is 64.6. The molecule has 4 heterocycles. The number of hydrogen-bond donors (Lipinski definition) is 0. The van der Waals surface area contributed by atoms with E-state index in [1.807, 2.05) is 23.5 Å². The van der Waals surface area contributed by atoms with Gasteiger partial charge in [-0.25, -0.2) is 9.98 Å². The molecule has 0 saturated carbocycles. The molecule has 0 spiro atoms. The maximum Gasteiger partial charge on any atom is 0.159 e. The van der Waals surface area contributed by atoms with Crippen molar-refractivity contribution in [3.63, 3.8) is 0 Å². The third-order valence-electron chi connectivity index (χ3n) is 11.6. The van der Waals surface area contributed by atoms with Crippen molar-refractivity contribution in [2.75, 3.05) is 7.05 Å². The van der Waals surface area contributed by atoms with Crippen molar-refractivity contribution in [3.05, 3.63) is 199 Å². The van der Waals surface area contributed by atoms with E-state index >= 15 is 0 Å². The van der Waals surface area contributed by atoms with Gasteiger partial charge >= 0.3 is 0 Å². The highest BCUT2D eigenvalue weighted by atomic mass is 32.1. The first-order valence-electron chi connectivity index (χ1n) is 19.6. The highest BCUT2D eigenvalue weighted by molar-refractivity contribution is 7.26. The van der Waals surface area contributed by atoms with Gasteiger partial charge in [0.25, 0.3) is 0 Å². The number of rotatable bonds is 5. The Kier molecular flexibility index (Phi) is 7.31. The molecule has 274 valence electrons. The van der Waals surface area contributed by atoms with Crippen LogP contribution in [0, 0.1) is 0 Å². The minimum atomic E-state index is -0.348. The molecule has 3 aromatic heterocycles. The van der Waals surface area contributed by atoms with E-state index in [9.17, 15) is 0 Å². The molecule has 1 aliphatic heterocycles. The number of amidine groups is 2. The van der Waals surface area contributed by atoms with Crippen LogP contribution >= 0.6 is 11.3 Å². The van der Waals surface area contributed by atoms with Gasteiger partial charge in [-0.3, -0.25) is 0 Å². The lowest BCUT2D eigenvalue weighted by Gasteiger charge is -2.33.